The van der Waals surface area contributed by atoms with Gasteiger partial charge in [0.15, 0.2) is 5.82 Å². The fourth-order valence-electron chi connectivity index (χ4n) is 0.983. The number of carbonyl (C=O) groups is 1. The monoisotopic (exact) mass is 230 g/mol. The van der Waals surface area contributed by atoms with Crippen molar-refractivity contribution < 1.29 is 9.90 Å². The number of thioether (sulfide) groups is 1. The molecule has 1 N–H and O–H groups in total. The minimum Gasteiger partial charge on any atom is -0.480 e. The molecule has 1 aromatic rings. The summed E-state index contributed by atoms with van der Waals surface area (Å²) in [5, 5.41) is 19.5. The second-order valence-electron chi connectivity index (χ2n) is 3.11. The minimum absolute atomic E-state index is 0.434. The third kappa shape index (κ3) is 3.50. The maximum Gasteiger partial charge on any atom is 0.316 e. The minimum atomic E-state index is -0.811. The number of nitrogens with zero attached hydrogens (tertiary/aromatic N) is 4. The van der Waals surface area contributed by atoms with E-state index in [-0.39, 0.29) is 0 Å². The number of carboxylic acids is 1. The molecule has 0 aliphatic heterocycles. The summed E-state index contributed by atoms with van der Waals surface area (Å²) in [5.74, 6) is 0.449. The number of rotatable bonds is 6. The van der Waals surface area contributed by atoms with Gasteiger partial charge in [-0.05, 0) is 23.8 Å². The number of aryl methyl sites for hydroxylation is 1. The zero-order valence-electron chi connectivity index (χ0n) is 8.75. The van der Waals surface area contributed by atoms with Crippen molar-refractivity contribution in [3.05, 3.63) is 5.82 Å². The molecule has 1 unspecified atom stereocenters. The Morgan fingerprint density at radius 1 is 1.67 bits per heavy atom. The molecule has 0 aromatic carbocycles. The van der Waals surface area contributed by atoms with Crippen molar-refractivity contribution in [3.8, 4) is 0 Å². The van der Waals surface area contributed by atoms with Crippen molar-refractivity contribution in [1.82, 2.24) is 20.2 Å². The lowest BCUT2D eigenvalue weighted by atomic mass is 10.5. The molecule has 0 spiro atoms. The summed E-state index contributed by atoms with van der Waals surface area (Å²) in [7, 11) is 0. The highest BCUT2D eigenvalue weighted by molar-refractivity contribution is 7.99. The summed E-state index contributed by atoms with van der Waals surface area (Å²) in [6, 6.07) is 0. The molecule has 15 heavy (non-hydrogen) atoms. The van der Waals surface area contributed by atoms with Crippen LogP contribution in [0.4, 0.5) is 0 Å². The first-order chi connectivity index (χ1) is 7.15. The van der Waals surface area contributed by atoms with Crippen molar-refractivity contribution in [2.24, 2.45) is 0 Å². The van der Waals surface area contributed by atoms with Gasteiger partial charge in [0.25, 0.3) is 0 Å². The molecule has 0 aliphatic rings. The Morgan fingerprint density at radius 3 is 3.00 bits per heavy atom. The van der Waals surface area contributed by atoms with Gasteiger partial charge in [0.2, 0.25) is 0 Å². The highest BCUT2D eigenvalue weighted by Gasteiger charge is 2.13. The van der Waals surface area contributed by atoms with E-state index in [9.17, 15) is 4.79 Å². The van der Waals surface area contributed by atoms with Gasteiger partial charge in [-0.15, -0.1) is 16.9 Å². The van der Waals surface area contributed by atoms with Crippen LogP contribution in [0.3, 0.4) is 0 Å². The maximum atomic E-state index is 10.6. The Kier molecular flexibility index (Phi) is 4.54. The molecule has 0 saturated heterocycles. The summed E-state index contributed by atoms with van der Waals surface area (Å²) in [6.07, 6.45) is 0.956. The van der Waals surface area contributed by atoms with Gasteiger partial charge in [-0.2, -0.15) is 0 Å². The molecule has 0 saturated carbocycles. The van der Waals surface area contributed by atoms with Crippen LogP contribution in [0.2, 0.25) is 0 Å². The highest BCUT2D eigenvalue weighted by atomic mass is 32.2. The fourth-order valence-corrected chi connectivity index (χ4v) is 1.73. The van der Waals surface area contributed by atoms with Crippen molar-refractivity contribution in [2.75, 3.05) is 0 Å². The molecule has 6 nitrogen and oxygen atoms in total. The van der Waals surface area contributed by atoms with Crippen molar-refractivity contribution in [1.29, 1.82) is 0 Å². The summed E-state index contributed by atoms with van der Waals surface area (Å²) < 4.78 is 1.71. The first-order valence-electron chi connectivity index (χ1n) is 4.74. The van der Waals surface area contributed by atoms with E-state index < -0.39 is 11.2 Å². The van der Waals surface area contributed by atoms with Crippen LogP contribution < -0.4 is 0 Å². The Hall–Kier alpha value is -1.11. The van der Waals surface area contributed by atoms with E-state index in [1.807, 2.05) is 6.92 Å². The van der Waals surface area contributed by atoms with E-state index in [0.717, 1.165) is 18.8 Å². The van der Waals surface area contributed by atoms with Crippen LogP contribution in [0.25, 0.3) is 0 Å². The predicted octanol–water partition coefficient (Wildman–Crippen LogP) is 0.789. The Bertz CT molecular complexity index is 328. The maximum absolute atomic E-state index is 10.6. The molecular formula is C8H14N4O2S. The fraction of sp³-hybridized carbons (Fsp3) is 0.750. The van der Waals surface area contributed by atoms with Crippen LogP contribution in [0, 0.1) is 0 Å². The van der Waals surface area contributed by atoms with Crippen LogP contribution in [0.15, 0.2) is 0 Å². The molecule has 0 aliphatic carbocycles. The molecule has 1 heterocycles. The largest absolute Gasteiger partial charge is 0.480 e. The Balaban J connectivity index is 2.49. The van der Waals surface area contributed by atoms with Gasteiger partial charge in [-0.25, -0.2) is 4.68 Å². The highest BCUT2D eigenvalue weighted by Crippen LogP contribution is 2.15. The zero-order chi connectivity index (χ0) is 11.3. The Labute approximate surface area is 92.0 Å². The standard InChI is InChI=1S/C8H14N4O2S/c1-3-4-12-7(9-10-11-12)5-15-6(2)8(13)14/h6H,3-5H2,1-2H3,(H,13,14). The van der Waals surface area contributed by atoms with Crippen molar-refractivity contribution in [3.63, 3.8) is 0 Å². The number of aliphatic carboxylic acids is 1. The average molecular weight is 230 g/mol. The quantitative estimate of drug-likeness (QED) is 0.778. The van der Waals surface area contributed by atoms with Crippen LogP contribution in [0.1, 0.15) is 26.1 Å². The van der Waals surface area contributed by atoms with E-state index in [0.29, 0.717) is 5.75 Å². The van der Waals surface area contributed by atoms with Crippen molar-refractivity contribution in [2.45, 2.75) is 37.8 Å². The van der Waals surface area contributed by atoms with Gasteiger partial charge in [0.05, 0.1) is 11.0 Å². The zero-order valence-corrected chi connectivity index (χ0v) is 9.57. The van der Waals surface area contributed by atoms with Gasteiger partial charge in [-0.1, -0.05) is 6.92 Å². The first kappa shape index (κ1) is 12.0. The second-order valence-corrected chi connectivity index (χ2v) is 4.44. The molecule has 0 bridgehead atoms. The van der Waals surface area contributed by atoms with E-state index in [2.05, 4.69) is 15.5 Å². The van der Waals surface area contributed by atoms with Crippen LogP contribution in [-0.4, -0.2) is 36.5 Å². The summed E-state index contributed by atoms with van der Waals surface area (Å²) >= 11 is 1.32. The second kappa shape index (κ2) is 5.69. The third-order valence-electron chi connectivity index (χ3n) is 1.85. The van der Waals surface area contributed by atoms with Gasteiger partial charge in [0.1, 0.15) is 0 Å². The number of tetrazole rings is 1. The van der Waals surface area contributed by atoms with Crippen LogP contribution >= 0.6 is 11.8 Å². The summed E-state index contributed by atoms with van der Waals surface area (Å²) in [4.78, 5) is 10.6. The lowest BCUT2D eigenvalue weighted by Gasteiger charge is -2.05. The first-order valence-corrected chi connectivity index (χ1v) is 5.79. The molecule has 1 aromatic heterocycles. The van der Waals surface area contributed by atoms with E-state index in [4.69, 9.17) is 5.11 Å². The number of hydrogen-bond donors (Lipinski definition) is 1. The normalized spacial score (nSPS) is 12.7. The molecule has 84 valence electrons. The van der Waals surface area contributed by atoms with E-state index >= 15 is 0 Å². The van der Waals surface area contributed by atoms with E-state index in [1.54, 1.807) is 11.6 Å². The van der Waals surface area contributed by atoms with Gasteiger partial charge >= 0.3 is 5.97 Å². The SMILES string of the molecule is CCCn1nnnc1CSC(C)C(=O)O. The number of carboxylic acid groups (broad SMARTS) is 1. The smallest absolute Gasteiger partial charge is 0.316 e. The molecule has 1 rings (SSSR count). The third-order valence-corrected chi connectivity index (χ3v) is 2.98. The van der Waals surface area contributed by atoms with Gasteiger partial charge in [0, 0.05) is 6.54 Å². The van der Waals surface area contributed by atoms with Crippen molar-refractivity contribution >= 4 is 17.7 Å². The molecule has 7 heteroatoms. The molecule has 0 fully saturated rings. The lowest BCUT2D eigenvalue weighted by Crippen LogP contribution is -2.13. The summed E-state index contributed by atoms with van der Waals surface area (Å²) in [5.41, 5.74) is 0. The van der Waals surface area contributed by atoms with Crippen LogP contribution in [0.5, 0.6) is 0 Å². The average Bonchev–Trinajstić information content (AvgIpc) is 2.62. The predicted molar refractivity (Wildman–Crippen MR) is 56.5 cm³/mol. The van der Waals surface area contributed by atoms with Crippen LogP contribution in [-0.2, 0) is 17.1 Å². The molecule has 1 atom stereocenters. The van der Waals surface area contributed by atoms with Gasteiger partial charge in [-0.3, -0.25) is 4.79 Å². The number of hydrogen-bond acceptors (Lipinski definition) is 5. The molecule has 0 radical (unpaired) electrons. The van der Waals surface area contributed by atoms with E-state index in [1.165, 1.54) is 11.8 Å². The lowest BCUT2D eigenvalue weighted by molar-refractivity contribution is -0.136. The molecular weight excluding hydrogens is 216 g/mol. The molecule has 0 amide bonds. The topological polar surface area (TPSA) is 80.9 Å². The van der Waals surface area contributed by atoms with Gasteiger partial charge < -0.3 is 5.11 Å². The Morgan fingerprint density at radius 2 is 2.40 bits per heavy atom. The summed E-state index contributed by atoms with van der Waals surface area (Å²) in [6.45, 7) is 4.46. The number of aromatic nitrogens is 4.